The zero-order valence-electron chi connectivity index (χ0n) is 15.4. The fourth-order valence-electron chi connectivity index (χ4n) is 3.21. The Morgan fingerprint density at radius 3 is 2.46 bits per heavy atom. The lowest BCUT2D eigenvalue weighted by Crippen LogP contribution is -2.64. The lowest BCUT2D eigenvalue weighted by molar-refractivity contribution is -0.136. The highest BCUT2D eigenvalue weighted by Crippen LogP contribution is 2.38. The number of carbonyl (C=O) groups excluding carboxylic acids is 2. The van der Waals surface area contributed by atoms with Gasteiger partial charge >= 0.3 is 0 Å². The van der Waals surface area contributed by atoms with Gasteiger partial charge in [-0.15, -0.1) is 0 Å². The van der Waals surface area contributed by atoms with Crippen LogP contribution in [0.4, 0.5) is 14.5 Å². The molecular formula is C18H20ClF2N5O2. The number of benzene rings is 1. The fourth-order valence-corrected chi connectivity index (χ4v) is 3.34. The third-order valence-electron chi connectivity index (χ3n) is 5.01. The second-order valence-electron chi connectivity index (χ2n) is 6.74. The van der Waals surface area contributed by atoms with E-state index in [4.69, 9.17) is 11.6 Å². The molecule has 2 N–H and O–H groups in total. The molecule has 0 radical (unpaired) electrons. The molecule has 1 aliphatic carbocycles. The molecule has 3 rings (SSSR count). The molecule has 1 saturated carbocycles. The SMILES string of the molecule is CN(C(=O)c1cn(C)nc1C(F)F)C1(C(=O)NNc2ccc(Cl)cc2)CCC1. The van der Waals surface area contributed by atoms with Gasteiger partial charge in [-0.25, -0.2) is 8.78 Å². The number of halogens is 3. The van der Waals surface area contributed by atoms with E-state index in [9.17, 15) is 18.4 Å². The normalized spacial score (nSPS) is 15.1. The van der Waals surface area contributed by atoms with Crippen molar-refractivity contribution in [3.8, 4) is 0 Å². The molecule has 7 nitrogen and oxygen atoms in total. The second-order valence-corrected chi connectivity index (χ2v) is 7.17. The van der Waals surface area contributed by atoms with E-state index in [0.29, 0.717) is 23.6 Å². The van der Waals surface area contributed by atoms with Crippen molar-refractivity contribution < 1.29 is 18.4 Å². The minimum absolute atomic E-state index is 0.204. The van der Waals surface area contributed by atoms with E-state index in [1.165, 1.54) is 25.2 Å². The number of nitrogens with one attached hydrogen (secondary N) is 2. The Kier molecular flexibility index (Phi) is 5.55. The molecule has 0 spiro atoms. The zero-order chi connectivity index (χ0) is 20.5. The van der Waals surface area contributed by atoms with Crippen LogP contribution in [0.5, 0.6) is 0 Å². The van der Waals surface area contributed by atoms with E-state index in [1.54, 1.807) is 24.3 Å². The monoisotopic (exact) mass is 411 g/mol. The topological polar surface area (TPSA) is 79.3 Å². The molecule has 1 aromatic heterocycles. The minimum Gasteiger partial charge on any atom is -0.327 e. The predicted octanol–water partition coefficient (Wildman–Crippen LogP) is 3.15. The van der Waals surface area contributed by atoms with Crippen molar-refractivity contribution in [3.05, 3.63) is 46.7 Å². The van der Waals surface area contributed by atoms with Gasteiger partial charge < -0.3 is 4.90 Å². The summed E-state index contributed by atoms with van der Waals surface area (Å²) in [7, 11) is 2.91. The number of likely N-dealkylation sites (N-methyl/N-ethyl adjacent to an activating group) is 1. The van der Waals surface area contributed by atoms with Crippen LogP contribution >= 0.6 is 11.6 Å². The van der Waals surface area contributed by atoms with Crippen LogP contribution in [-0.4, -0.2) is 39.1 Å². The predicted molar refractivity (Wildman–Crippen MR) is 100 cm³/mol. The first-order valence-corrected chi connectivity index (χ1v) is 9.04. The summed E-state index contributed by atoms with van der Waals surface area (Å²) in [5.41, 5.74) is 4.10. The molecule has 1 aromatic carbocycles. The molecule has 28 heavy (non-hydrogen) atoms. The van der Waals surface area contributed by atoms with Crippen LogP contribution in [0.1, 0.15) is 41.7 Å². The summed E-state index contributed by atoms with van der Waals surface area (Å²) >= 11 is 5.83. The molecule has 2 amide bonds. The van der Waals surface area contributed by atoms with E-state index < -0.39 is 29.5 Å². The maximum atomic E-state index is 13.2. The first kappa shape index (κ1) is 20.1. The summed E-state index contributed by atoms with van der Waals surface area (Å²) in [5.74, 6) is -1.07. The molecule has 0 aliphatic heterocycles. The Morgan fingerprint density at radius 2 is 1.93 bits per heavy atom. The lowest BCUT2D eigenvalue weighted by Gasteiger charge is -2.46. The van der Waals surface area contributed by atoms with Crippen LogP contribution in [0.3, 0.4) is 0 Å². The van der Waals surface area contributed by atoms with Gasteiger partial charge in [0.25, 0.3) is 18.2 Å². The van der Waals surface area contributed by atoms with Gasteiger partial charge in [0.05, 0.1) is 11.3 Å². The number of hydrogen-bond donors (Lipinski definition) is 2. The largest absolute Gasteiger partial charge is 0.327 e. The number of hydrazine groups is 1. The Morgan fingerprint density at radius 1 is 1.29 bits per heavy atom. The van der Waals surface area contributed by atoms with Gasteiger partial charge in [-0.2, -0.15) is 5.10 Å². The van der Waals surface area contributed by atoms with Crippen molar-refractivity contribution in [2.24, 2.45) is 7.05 Å². The number of carbonyl (C=O) groups is 2. The molecule has 1 aliphatic rings. The zero-order valence-corrected chi connectivity index (χ0v) is 16.1. The first-order valence-electron chi connectivity index (χ1n) is 8.66. The van der Waals surface area contributed by atoms with E-state index in [1.807, 2.05) is 0 Å². The van der Waals surface area contributed by atoms with Crippen molar-refractivity contribution in [1.29, 1.82) is 0 Å². The average Bonchev–Trinajstić information content (AvgIpc) is 3.01. The summed E-state index contributed by atoms with van der Waals surface area (Å²) in [5, 5.41) is 4.22. The van der Waals surface area contributed by atoms with Crippen LogP contribution in [0, 0.1) is 0 Å². The Labute approximate surface area is 165 Å². The Hall–Kier alpha value is -2.68. The van der Waals surface area contributed by atoms with Crippen molar-refractivity contribution in [2.75, 3.05) is 12.5 Å². The van der Waals surface area contributed by atoms with Gasteiger partial charge in [-0.05, 0) is 43.5 Å². The Balaban J connectivity index is 1.76. The number of amides is 2. The minimum atomic E-state index is -2.88. The maximum Gasteiger partial charge on any atom is 0.282 e. The van der Waals surface area contributed by atoms with E-state index in [2.05, 4.69) is 16.0 Å². The number of alkyl halides is 2. The van der Waals surface area contributed by atoms with Crippen molar-refractivity contribution in [2.45, 2.75) is 31.2 Å². The summed E-state index contributed by atoms with van der Waals surface area (Å²) in [6, 6.07) is 6.71. The molecule has 150 valence electrons. The number of anilines is 1. The van der Waals surface area contributed by atoms with Crippen LogP contribution in [0.2, 0.25) is 5.02 Å². The third-order valence-corrected chi connectivity index (χ3v) is 5.26. The highest BCUT2D eigenvalue weighted by molar-refractivity contribution is 6.30. The standard InChI is InChI=1S/C18H20ClF2N5O2/c1-25-10-13(14(24-25)15(20)21)16(27)26(2)18(8-3-9-18)17(28)23-22-12-6-4-11(19)5-7-12/h4-7,10,15,22H,3,8-9H2,1-2H3,(H,23,28). The van der Waals surface area contributed by atoms with E-state index in [-0.39, 0.29) is 5.56 Å². The highest BCUT2D eigenvalue weighted by atomic mass is 35.5. The Bertz CT molecular complexity index is 881. The van der Waals surface area contributed by atoms with Crippen molar-refractivity contribution >= 4 is 29.1 Å². The van der Waals surface area contributed by atoms with Crippen molar-refractivity contribution in [1.82, 2.24) is 20.1 Å². The summed E-state index contributed by atoms with van der Waals surface area (Å²) in [4.78, 5) is 26.9. The number of aromatic nitrogens is 2. The number of nitrogens with zero attached hydrogens (tertiary/aromatic N) is 3. The lowest BCUT2D eigenvalue weighted by atomic mass is 9.74. The van der Waals surface area contributed by atoms with E-state index >= 15 is 0 Å². The number of aryl methyl sites for hydroxylation is 1. The van der Waals surface area contributed by atoms with Crippen LogP contribution in [0.25, 0.3) is 0 Å². The van der Waals surface area contributed by atoms with Gasteiger partial charge in [-0.3, -0.25) is 25.1 Å². The second kappa shape index (κ2) is 7.75. The first-order chi connectivity index (χ1) is 13.2. The molecule has 0 bridgehead atoms. The molecule has 1 fully saturated rings. The van der Waals surface area contributed by atoms with Crippen LogP contribution < -0.4 is 10.9 Å². The summed E-state index contributed by atoms with van der Waals surface area (Å²) < 4.78 is 27.6. The molecule has 0 atom stereocenters. The molecule has 2 aromatic rings. The van der Waals surface area contributed by atoms with Gasteiger partial charge in [0.2, 0.25) is 0 Å². The molecule has 10 heteroatoms. The molecular weight excluding hydrogens is 392 g/mol. The summed E-state index contributed by atoms with van der Waals surface area (Å²) in [6.45, 7) is 0. The van der Waals surface area contributed by atoms with Crippen LogP contribution in [0.15, 0.2) is 30.5 Å². The molecule has 0 unspecified atom stereocenters. The van der Waals surface area contributed by atoms with Crippen LogP contribution in [-0.2, 0) is 11.8 Å². The molecule has 1 heterocycles. The smallest absolute Gasteiger partial charge is 0.282 e. The van der Waals surface area contributed by atoms with Gasteiger partial charge in [0.15, 0.2) is 0 Å². The fraction of sp³-hybridized carbons (Fsp3) is 0.389. The highest BCUT2D eigenvalue weighted by Gasteiger charge is 2.50. The third kappa shape index (κ3) is 3.66. The maximum absolute atomic E-state index is 13.2. The van der Waals surface area contributed by atoms with Gasteiger partial charge in [0.1, 0.15) is 11.2 Å². The van der Waals surface area contributed by atoms with Crippen molar-refractivity contribution in [3.63, 3.8) is 0 Å². The van der Waals surface area contributed by atoms with E-state index in [0.717, 1.165) is 11.1 Å². The van der Waals surface area contributed by atoms with Gasteiger partial charge in [0, 0.05) is 25.3 Å². The number of hydrogen-bond acceptors (Lipinski definition) is 4. The van der Waals surface area contributed by atoms with Gasteiger partial charge in [-0.1, -0.05) is 11.6 Å². The average molecular weight is 412 g/mol. The summed E-state index contributed by atoms with van der Waals surface area (Å²) in [6.07, 6.45) is -0.00948. The quantitative estimate of drug-likeness (QED) is 0.716. The number of rotatable bonds is 6. The molecule has 0 saturated heterocycles.